The van der Waals surface area contributed by atoms with Gasteiger partial charge in [-0.3, -0.25) is 4.90 Å². The van der Waals surface area contributed by atoms with Crippen LogP contribution in [0, 0.1) is 5.92 Å². The van der Waals surface area contributed by atoms with Gasteiger partial charge in [0.1, 0.15) is 0 Å². The van der Waals surface area contributed by atoms with Gasteiger partial charge in [0.15, 0.2) is 0 Å². The molecule has 1 aliphatic carbocycles. The fraction of sp³-hybridized carbons (Fsp3) is 1.00. The quantitative estimate of drug-likeness (QED) is 0.637. The van der Waals surface area contributed by atoms with E-state index in [2.05, 4.69) is 4.90 Å². The Bertz CT molecular complexity index is 191. The van der Waals surface area contributed by atoms with Gasteiger partial charge in [-0.15, -0.1) is 0 Å². The number of aliphatic hydroxyl groups is 1. The lowest BCUT2D eigenvalue weighted by molar-refractivity contribution is 0.0173. The molecule has 1 atom stereocenters. The molecule has 0 radical (unpaired) electrons. The molecule has 2 fully saturated rings. The predicted octanol–water partition coefficient (Wildman–Crippen LogP) is -0.582. The summed E-state index contributed by atoms with van der Waals surface area (Å²) in [6.07, 6.45) is 2.36. The average Bonchev–Trinajstić information content (AvgIpc) is 3.03. The molecule has 1 saturated carbocycles. The molecule has 1 aliphatic heterocycles. The zero-order chi connectivity index (χ0) is 10.0. The first-order valence-corrected chi connectivity index (χ1v) is 5.44. The van der Waals surface area contributed by atoms with E-state index in [4.69, 9.17) is 10.5 Å². The number of nitrogens with two attached hydrogens (primary N) is 1. The molecule has 0 amide bonds. The normalized spacial score (nSPS) is 28.7. The van der Waals surface area contributed by atoms with Gasteiger partial charge < -0.3 is 15.6 Å². The molecule has 0 aromatic heterocycles. The highest BCUT2D eigenvalue weighted by Gasteiger charge is 2.42. The number of aliphatic hydroxyl groups excluding tert-OH is 1. The van der Waals surface area contributed by atoms with Crippen LogP contribution in [0.2, 0.25) is 0 Å². The van der Waals surface area contributed by atoms with Gasteiger partial charge in [-0.1, -0.05) is 0 Å². The van der Waals surface area contributed by atoms with Crippen molar-refractivity contribution in [3.05, 3.63) is 0 Å². The van der Waals surface area contributed by atoms with Crippen molar-refractivity contribution in [2.24, 2.45) is 11.7 Å². The van der Waals surface area contributed by atoms with Gasteiger partial charge in [-0.2, -0.15) is 0 Å². The lowest BCUT2D eigenvalue weighted by Gasteiger charge is -2.36. The fourth-order valence-electron chi connectivity index (χ4n) is 2.14. The molecule has 0 aromatic rings. The lowest BCUT2D eigenvalue weighted by Crippen LogP contribution is -2.56. The van der Waals surface area contributed by atoms with Crippen molar-refractivity contribution in [2.45, 2.75) is 18.4 Å². The molecule has 1 saturated heterocycles. The van der Waals surface area contributed by atoms with Crippen LogP contribution in [0.15, 0.2) is 0 Å². The van der Waals surface area contributed by atoms with Crippen molar-refractivity contribution in [3.63, 3.8) is 0 Å². The van der Waals surface area contributed by atoms with Crippen LogP contribution >= 0.6 is 0 Å². The number of hydrogen-bond acceptors (Lipinski definition) is 4. The second-order valence-corrected chi connectivity index (χ2v) is 4.55. The number of ether oxygens (including phenoxy) is 1. The summed E-state index contributed by atoms with van der Waals surface area (Å²) in [5.41, 5.74) is 5.84. The first kappa shape index (κ1) is 10.4. The molecule has 0 spiro atoms. The zero-order valence-corrected chi connectivity index (χ0v) is 8.61. The van der Waals surface area contributed by atoms with Gasteiger partial charge in [-0.25, -0.2) is 0 Å². The number of rotatable bonds is 4. The SMILES string of the molecule is NC(CO)(CN1CCOCC1)C1CC1. The van der Waals surface area contributed by atoms with Crippen LogP contribution in [0.5, 0.6) is 0 Å². The summed E-state index contributed by atoms with van der Waals surface area (Å²) in [6.45, 7) is 4.42. The lowest BCUT2D eigenvalue weighted by atomic mass is 9.95. The Balaban J connectivity index is 1.86. The second kappa shape index (κ2) is 4.14. The average molecular weight is 200 g/mol. The molecule has 82 valence electrons. The molecule has 4 nitrogen and oxygen atoms in total. The van der Waals surface area contributed by atoms with Gasteiger partial charge in [0, 0.05) is 19.6 Å². The van der Waals surface area contributed by atoms with Gasteiger partial charge in [0.2, 0.25) is 0 Å². The number of morpholine rings is 1. The van der Waals surface area contributed by atoms with Gasteiger partial charge in [-0.05, 0) is 18.8 Å². The molecule has 1 unspecified atom stereocenters. The molecule has 2 aliphatic rings. The molecule has 2 rings (SSSR count). The van der Waals surface area contributed by atoms with Crippen molar-refractivity contribution in [1.82, 2.24) is 4.90 Å². The van der Waals surface area contributed by atoms with Crippen LogP contribution in [-0.2, 0) is 4.74 Å². The monoisotopic (exact) mass is 200 g/mol. The summed E-state index contributed by atoms with van der Waals surface area (Å²) in [4.78, 5) is 2.30. The van der Waals surface area contributed by atoms with Crippen LogP contribution in [0.1, 0.15) is 12.8 Å². The van der Waals surface area contributed by atoms with E-state index in [0.717, 1.165) is 32.8 Å². The Labute approximate surface area is 85.0 Å². The highest BCUT2D eigenvalue weighted by atomic mass is 16.5. The largest absolute Gasteiger partial charge is 0.394 e. The van der Waals surface area contributed by atoms with Crippen molar-refractivity contribution in [1.29, 1.82) is 0 Å². The maximum atomic E-state index is 9.34. The number of hydrogen-bond donors (Lipinski definition) is 2. The molecule has 0 bridgehead atoms. The third-order valence-electron chi connectivity index (χ3n) is 3.31. The minimum absolute atomic E-state index is 0.106. The maximum Gasteiger partial charge on any atom is 0.0626 e. The van der Waals surface area contributed by atoms with E-state index in [-0.39, 0.29) is 12.1 Å². The van der Waals surface area contributed by atoms with Gasteiger partial charge >= 0.3 is 0 Å². The minimum Gasteiger partial charge on any atom is -0.394 e. The molecule has 0 aromatic carbocycles. The van der Waals surface area contributed by atoms with E-state index >= 15 is 0 Å². The standard InChI is InChI=1S/C10H20N2O2/c11-10(8-13,9-1-2-9)7-12-3-5-14-6-4-12/h9,13H,1-8,11H2. The summed E-state index contributed by atoms with van der Waals surface area (Å²) in [5.74, 6) is 0.537. The third kappa shape index (κ3) is 2.25. The summed E-state index contributed by atoms with van der Waals surface area (Å²) in [5, 5.41) is 9.34. The van der Waals surface area contributed by atoms with Crippen molar-refractivity contribution < 1.29 is 9.84 Å². The Hall–Kier alpha value is -0.160. The van der Waals surface area contributed by atoms with Crippen LogP contribution in [-0.4, -0.2) is 55.0 Å². The van der Waals surface area contributed by atoms with Crippen molar-refractivity contribution in [2.75, 3.05) is 39.5 Å². The van der Waals surface area contributed by atoms with E-state index < -0.39 is 0 Å². The van der Waals surface area contributed by atoms with Crippen molar-refractivity contribution in [3.8, 4) is 0 Å². The molecule has 3 N–H and O–H groups in total. The smallest absolute Gasteiger partial charge is 0.0626 e. The predicted molar refractivity (Wildman–Crippen MR) is 54.0 cm³/mol. The topological polar surface area (TPSA) is 58.7 Å². The molecule has 4 heteroatoms. The number of nitrogens with zero attached hydrogens (tertiary/aromatic N) is 1. The van der Waals surface area contributed by atoms with E-state index in [9.17, 15) is 5.11 Å². The molecular weight excluding hydrogens is 180 g/mol. The van der Waals surface area contributed by atoms with Crippen LogP contribution in [0.25, 0.3) is 0 Å². The van der Waals surface area contributed by atoms with Crippen LogP contribution in [0.3, 0.4) is 0 Å². The fourth-order valence-corrected chi connectivity index (χ4v) is 2.14. The molecule has 14 heavy (non-hydrogen) atoms. The molecule has 1 heterocycles. The highest BCUT2D eigenvalue weighted by molar-refractivity contribution is 5.00. The van der Waals surface area contributed by atoms with E-state index in [1.54, 1.807) is 0 Å². The Morgan fingerprint density at radius 2 is 2.00 bits per heavy atom. The van der Waals surface area contributed by atoms with E-state index in [1.165, 1.54) is 12.8 Å². The Morgan fingerprint density at radius 1 is 1.36 bits per heavy atom. The van der Waals surface area contributed by atoms with Crippen molar-refractivity contribution >= 4 is 0 Å². The van der Waals surface area contributed by atoms with Gasteiger partial charge in [0.25, 0.3) is 0 Å². The Kier molecular flexibility index (Phi) is 3.07. The minimum atomic E-state index is -0.364. The van der Waals surface area contributed by atoms with Crippen LogP contribution in [0.4, 0.5) is 0 Å². The second-order valence-electron chi connectivity index (χ2n) is 4.55. The first-order valence-electron chi connectivity index (χ1n) is 5.44. The van der Waals surface area contributed by atoms with E-state index in [1.807, 2.05) is 0 Å². The maximum absolute atomic E-state index is 9.34. The van der Waals surface area contributed by atoms with E-state index in [0.29, 0.717) is 5.92 Å². The molecular formula is C10H20N2O2. The Morgan fingerprint density at radius 3 is 2.50 bits per heavy atom. The first-order chi connectivity index (χ1) is 6.74. The third-order valence-corrected chi connectivity index (χ3v) is 3.31. The summed E-state index contributed by atoms with van der Waals surface area (Å²) < 4.78 is 5.28. The summed E-state index contributed by atoms with van der Waals surface area (Å²) in [6, 6.07) is 0. The summed E-state index contributed by atoms with van der Waals surface area (Å²) in [7, 11) is 0. The highest BCUT2D eigenvalue weighted by Crippen LogP contribution is 2.38. The summed E-state index contributed by atoms with van der Waals surface area (Å²) >= 11 is 0. The van der Waals surface area contributed by atoms with Crippen LogP contribution < -0.4 is 5.73 Å². The van der Waals surface area contributed by atoms with Gasteiger partial charge in [0.05, 0.1) is 25.4 Å². The zero-order valence-electron chi connectivity index (χ0n) is 8.61.